The number of nitrogens with zero attached hydrogens (tertiary/aromatic N) is 5. The molecule has 0 atom stereocenters. The van der Waals surface area contributed by atoms with E-state index in [1.165, 1.54) is 245 Å². The van der Waals surface area contributed by atoms with Crippen molar-refractivity contribution in [3.8, 4) is 66.8 Å². The number of anilines is 13. The van der Waals surface area contributed by atoms with Crippen LogP contribution in [0.5, 0.6) is 0 Å². The van der Waals surface area contributed by atoms with Gasteiger partial charge < -0.3 is 29.8 Å². The average Bonchev–Trinajstić information content (AvgIpc) is 0.691. The minimum Gasteiger partial charge on any atom is -0.365 e. The Morgan fingerprint density at radius 2 is 0.528 bits per heavy atom. The Labute approximate surface area is 635 Å². The lowest BCUT2D eigenvalue weighted by molar-refractivity contribution is 0.296. The quantitative estimate of drug-likeness (QED) is 0.130. The van der Waals surface area contributed by atoms with E-state index in [2.05, 4.69) is 351 Å². The topological polar surface area (TPSA) is 28.2 Å². The van der Waals surface area contributed by atoms with Crippen LogP contribution in [0.4, 0.5) is 73.9 Å². The first-order valence-electron chi connectivity index (χ1n) is 39.8. The second kappa shape index (κ2) is 25.9. The second-order valence-electron chi connectivity index (χ2n) is 31.4. The number of nitrogens with one attached hydrogen (secondary N) is 1. The summed E-state index contributed by atoms with van der Waals surface area (Å²) in [5.41, 5.74) is 38.0. The molecule has 6 nitrogen and oxygen atoms in total. The van der Waals surface area contributed by atoms with Crippen LogP contribution in [-0.2, 0) is 0 Å². The van der Waals surface area contributed by atoms with Gasteiger partial charge in [-0.05, 0) is 186 Å². The molecule has 0 radical (unpaired) electrons. The first-order chi connectivity index (χ1) is 53.6. The number of hydrogen-bond acceptors (Lipinski definition) is 6. The van der Waals surface area contributed by atoms with Crippen LogP contribution in [0.2, 0.25) is 0 Å². The molecule has 4 fully saturated rings. The number of rotatable bonds is 11. The largest absolute Gasteiger partial charge is 0.365 e. The molecule has 4 bridgehead atoms. The highest BCUT2D eigenvalue weighted by Gasteiger charge is 2.50. The van der Waals surface area contributed by atoms with Crippen molar-refractivity contribution < 1.29 is 0 Å². The Hall–Kier alpha value is -12.0. The Kier molecular flexibility index (Phi) is 15.2. The van der Waals surface area contributed by atoms with E-state index < -0.39 is 0 Å². The highest BCUT2D eigenvalue weighted by molar-refractivity contribution is 7.03. The van der Waals surface area contributed by atoms with Crippen LogP contribution in [-0.4, -0.2) is 37.6 Å². The van der Waals surface area contributed by atoms with Gasteiger partial charge in [0.2, 0.25) is 0 Å². The molecule has 0 amide bonds. The summed E-state index contributed by atoms with van der Waals surface area (Å²) in [6, 6.07) is 125. The predicted octanol–water partition coefficient (Wildman–Crippen LogP) is 22.0. The molecule has 0 unspecified atom stereocenters. The zero-order chi connectivity index (χ0) is 70.9. The maximum absolute atomic E-state index is 4.50. The van der Waals surface area contributed by atoms with Crippen molar-refractivity contribution in [2.75, 3.05) is 29.8 Å². The first kappa shape index (κ1) is 63.3. The molecule has 0 saturated carbocycles. The molecule has 108 heavy (non-hydrogen) atoms. The van der Waals surface area contributed by atoms with E-state index in [9.17, 15) is 0 Å². The number of benzene rings is 14. The van der Waals surface area contributed by atoms with Gasteiger partial charge >= 0.3 is 0 Å². The summed E-state index contributed by atoms with van der Waals surface area (Å²) in [6.07, 6.45) is 14.8. The van der Waals surface area contributed by atoms with Crippen LogP contribution < -0.4 is 62.6 Å². The fraction of sp³-hybridized carbons (Fsp3) is 0.160. The normalized spacial score (nSPS) is 18.2. The van der Waals surface area contributed by atoms with Gasteiger partial charge in [-0.2, -0.15) is 0 Å². The van der Waals surface area contributed by atoms with Gasteiger partial charge in [0.15, 0.2) is 0 Å². The van der Waals surface area contributed by atoms with Crippen molar-refractivity contribution in [3.05, 3.63) is 322 Å². The minimum atomic E-state index is -0.190. The van der Waals surface area contributed by atoms with E-state index in [1.54, 1.807) is 0 Å². The Balaban J connectivity index is 0.861. The third kappa shape index (κ3) is 10.1. The summed E-state index contributed by atoms with van der Waals surface area (Å²) < 4.78 is 0. The van der Waals surface area contributed by atoms with E-state index in [0.29, 0.717) is 24.2 Å². The molecule has 22 rings (SSSR count). The average molecular weight is 1390 g/mol. The lowest BCUT2D eigenvalue weighted by Crippen LogP contribution is -2.65. The summed E-state index contributed by atoms with van der Waals surface area (Å²) in [6.45, 7) is -0.332. The number of piperidine rings is 4. The van der Waals surface area contributed by atoms with Crippen LogP contribution >= 0.6 is 0 Å². The molecule has 518 valence electrons. The highest BCUT2D eigenvalue weighted by Crippen LogP contribution is 2.57. The van der Waals surface area contributed by atoms with E-state index in [1.807, 2.05) is 0 Å². The number of para-hydroxylation sites is 5. The summed E-state index contributed by atoms with van der Waals surface area (Å²) in [7, 11) is 0. The van der Waals surface area contributed by atoms with Gasteiger partial charge in [-0.25, -0.2) is 0 Å². The van der Waals surface area contributed by atoms with Crippen molar-refractivity contribution in [1.82, 2.24) is 0 Å². The third-order valence-corrected chi connectivity index (χ3v) is 25.6. The van der Waals surface area contributed by atoms with Crippen LogP contribution in [0.15, 0.2) is 322 Å². The molecule has 8 aliphatic rings. The first-order valence-corrected chi connectivity index (χ1v) is 39.8. The molecule has 4 saturated heterocycles. The maximum Gasteiger partial charge on any atom is 0.252 e. The van der Waals surface area contributed by atoms with E-state index in [4.69, 9.17) is 0 Å². The lowest BCUT2D eigenvalue weighted by Gasteiger charge is -2.50. The van der Waals surface area contributed by atoms with Gasteiger partial charge in [0.05, 0.1) is 17.1 Å². The molecule has 8 heterocycles. The third-order valence-electron chi connectivity index (χ3n) is 25.6. The zero-order valence-corrected chi connectivity index (χ0v) is 60.8. The molecule has 1 N–H and O–H groups in total. The van der Waals surface area contributed by atoms with E-state index in [0.717, 1.165) is 5.69 Å². The van der Waals surface area contributed by atoms with Gasteiger partial charge in [0, 0.05) is 114 Å². The Morgan fingerprint density at radius 1 is 0.231 bits per heavy atom. The van der Waals surface area contributed by atoms with Crippen molar-refractivity contribution in [2.24, 2.45) is 0 Å². The van der Waals surface area contributed by atoms with Crippen LogP contribution in [0.25, 0.3) is 66.8 Å². The fourth-order valence-electron chi connectivity index (χ4n) is 21.2. The van der Waals surface area contributed by atoms with E-state index >= 15 is 0 Å². The Bertz CT molecular complexity index is 5620. The minimum absolute atomic E-state index is 0.142. The summed E-state index contributed by atoms with van der Waals surface area (Å²) in [4.78, 5) is 14.1. The summed E-state index contributed by atoms with van der Waals surface area (Å²) >= 11 is 0. The Morgan fingerprint density at radius 3 is 0.880 bits per heavy atom. The van der Waals surface area contributed by atoms with Gasteiger partial charge in [0.25, 0.3) is 13.4 Å². The maximum atomic E-state index is 4.50. The molecular formula is C100H82B2N6. The molecule has 0 spiro atoms. The zero-order valence-electron chi connectivity index (χ0n) is 60.8. The fourth-order valence-corrected chi connectivity index (χ4v) is 21.2. The molecule has 14 aromatic carbocycles. The number of fused-ring (bicyclic) bond motifs is 12. The van der Waals surface area contributed by atoms with Crippen LogP contribution in [0.3, 0.4) is 0 Å². The smallest absolute Gasteiger partial charge is 0.252 e. The van der Waals surface area contributed by atoms with Crippen molar-refractivity contribution in [1.29, 1.82) is 0 Å². The lowest BCUT2D eigenvalue weighted by atomic mass is 9.30. The van der Waals surface area contributed by atoms with Gasteiger partial charge in [-0.15, -0.1) is 0 Å². The standard InChI is InChI=1S/C100H82B2N6/c1-7-30-66(31-8-1)78-50-27-51-79(67-32-9-2-10-33-67)98(78)106-90-58-21-19-56-84(90)101-86-64-87-92(65-88(86)103-89-60-76(61-93(106)96(89)101)104-72-42-23-43-73(104)45-24-44-72)108(100-82(70-38-15-5-16-39-70)54-29-55-83(100)71-40-17-6-18-41-71)95-63-77(105-74-46-25-47-75(105)49-26-48-74)62-94-97(95)102(87)85-57-20-22-59-91(85)107(94)99-80(68-34-11-3-12-35-68)52-28-53-81(99)69-36-13-4-14-37-69/h1-22,27-41,50-65,72-75,103H,23-26,42-49H2. The van der Waals surface area contributed by atoms with Crippen molar-refractivity contribution >= 4 is 120 Å². The highest BCUT2D eigenvalue weighted by atomic mass is 15.2. The van der Waals surface area contributed by atoms with Crippen LogP contribution in [0.1, 0.15) is 77.0 Å². The van der Waals surface area contributed by atoms with Gasteiger partial charge in [0.1, 0.15) is 0 Å². The molecule has 0 aliphatic carbocycles. The van der Waals surface area contributed by atoms with Gasteiger partial charge in [-0.1, -0.05) is 279 Å². The molecular weight excluding hydrogens is 1310 g/mol. The molecule has 0 aromatic heterocycles. The van der Waals surface area contributed by atoms with Crippen molar-refractivity contribution in [3.63, 3.8) is 0 Å². The number of hydrogen-bond donors (Lipinski definition) is 1. The second-order valence-corrected chi connectivity index (χ2v) is 31.4. The van der Waals surface area contributed by atoms with Gasteiger partial charge in [-0.3, -0.25) is 0 Å². The van der Waals surface area contributed by atoms with Crippen LogP contribution in [0, 0.1) is 0 Å². The van der Waals surface area contributed by atoms with Crippen molar-refractivity contribution in [2.45, 2.75) is 101 Å². The monoisotopic (exact) mass is 1390 g/mol. The molecule has 14 aromatic rings. The summed E-state index contributed by atoms with van der Waals surface area (Å²) in [5, 5.41) is 4.50. The SMILES string of the molecule is c1ccc(-c2cccc(-c3ccccc3)c2N2c3ccccc3B3c4cc5c(cc4Nc4cc(N6C7CCCC6CCC7)cc2c43)N(c2c(-c3ccccc3)cccc2-c2ccccc2)c2cc(N3C4CCCC3CCC4)cc3c2B5c2ccccc2N3c2c(-c3ccccc3)cccc2-c2ccccc2)cc1. The predicted molar refractivity (Wildman–Crippen MR) is 458 cm³/mol. The summed E-state index contributed by atoms with van der Waals surface area (Å²) in [5.74, 6) is 0. The molecule has 8 aliphatic heterocycles. The molecule has 8 heteroatoms. The van der Waals surface area contributed by atoms with E-state index in [-0.39, 0.29) is 13.4 Å².